The van der Waals surface area contributed by atoms with Crippen LogP contribution in [-0.2, 0) is 5.54 Å². The molecule has 0 saturated carbocycles. The van der Waals surface area contributed by atoms with Crippen molar-refractivity contribution in [3.8, 4) is 0 Å². The third-order valence-electron chi connectivity index (χ3n) is 2.38. The van der Waals surface area contributed by atoms with Crippen molar-refractivity contribution >= 4 is 11.8 Å². The first-order valence-corrected chi connectivity index (χ1v) is 6.60. The van der Waals surface area contributed by atoms with Crippen LogP contribution < -0.4 is 5.56 Å². The van der Waals surface area contributed by atoms with Crippen molar-refractivity contribution in [2.75, 3.05) is 6.61 Å². The highest BCUT2D eigenvalue weighted by molar-refractivity contribution is 7.99. The molecule has 17 heavy (non-hydrogen) atoms. The molecule has 1 rings (SSSR count). The Morgan fingerprint density at radius 1 is 1.53 bits per heavy atom. The van der Waals surface area contributed by atoms with Crippen LogP contribution in [0.1, 0.15) is 34.1 Å². The summed E-state index contributed by atoms with van der Waals surface area (Å²) in [5, 5.41) is 9.54. The van der Waals surface area contributed by atoms with Crippen LogP contribution in [0, 0.1) is 0 Å². The Hall–Kier alpha value is -0.810. The van der Waals surface area contributed by atoms with Gasteiger partial charge in [-0.3, -0.25) is 4.79 Å². The molecule has 96 valence electrons. The lowest BCUT2D eigenvalue weighted by Gasteiger charge is -2.22. The highest BCUT2D eigenvalue weighted by Gasteiger charge is 2.17. The second-order valence-corrected chi connectivity index (χ2v) is 6.45. The van der Waals surface area contributed by atoms with Gasteiger partial charge >= 0.3 is 0 Å². The molecule has 1 atom stereocenters. The van der Waals surface area contributed by atoms with Crippen molar-refractivity contribution in [3.63, 3.8) is 0 Å². The van der Waals surface area contributed by atoms with Crippen molar-refractivity contribution in [3.05, 3.63) is 22.7 Å². The van der Waals surface area contributed by atoms with Crippen LogP contribution in [-0.4, -0.2) is 26.5 Å². The van der Waals surface area contributed by atoms with Gasteiger partial charge in [0.05, 0.1) is 0 Å². The maximum absolute atomic E-state index is 12.2. The van der Waals surface area contributed by atoms with Crippen LogP contribution in [0.25, 0.3) is 0 Å². The van der Waals surface area contributed by atoms with Crippen molar-refractivity contribution in [2.45, 2.75) is 49.9 Å². The molecule has 1 heterocycles. The monoisotopic (exact) mass is 256 g/mol. The fourth-order valence-corrected chi connectivity index (χ4v) is 2.36. The van der Waals surface area contributed by atoms with Crippen LogP contribution >= 0.6 is 11.8 Å². The van der Waals surface area contributed by atoms with Gasteiger partial charge < -0.3 is 9.67 Å². The molecule has 1 aromatic heterocycles. The fraction of sp³-hybridized carbons (Fsp3) is 0.667. The lowest BCUT2D eigenvalue weighted by Crippen LogP contribution is -2.34. The molecule has 5 heteroatoms. The van der Waals surface area contributed by atoms with Crippen molar-refractivity contribution in [1.29, 1.82) is 0 Å². The van der Waals surface area contributed by atoms with Crippen LogP contribution in [0.4, 0.5) is 0 Å². The maximum Gasteiger partial charge on any atom is 0.283 e. The summed E-state index contributed by atoms with van der Waals surface area (Å²) in [6, 6.07) is 0. The molecule has 0 aliphatic rings. The maximum atomic E-state index is 12.2. The Kier molecular flexibility index (Phi) is 4.77. The summed E-state index contributed by atoms with van der Waals surface area (Å²) >= 11 is 1.42. The molecule has 4 nitrogen and oxygen atoms in total. The van der Waals surface area contributed by atoms with E-state index in [9.17, 15) is 4.79 Å². The number of aromatic nitrogens is 2. The van der Waals surface area contributed by atoms with Crippen LogP contribution in [0.2, 0.25) is 0 Å². The number of hydrogen-bond donors (Lipinski definition) is 1. The number of hydrogen-bond acceptors (Lipinski definition) is 4. The summed E-state index contributed by atoms with van der Waals surface area (Å²) in [6.45, 7) is 8.07. The second-order valence-electron chi connectivity index (χ2n) is 5.02. The van der Waals surface area contributed by atoms with Gasteiger partial charge in [-0.2, -0.15) is 0 Å². The predicted molar refractivity (Wildman–Crippen MR) is 70.5 cm³/mol. The van der Waals surface area contributed by atoms with E-state index in [1.165, 1.54) is 11.8 Å². The molecular weight excluding hydrogens is 236 g/mol. The van der Waals surface area contributed by atoms with Gasteiger partial charge in [0, 0.05) is 29.8 Å². The number of nitrogens with zero attached hydrogens (tertiary/aromatic N) is 2. The molecule has 0 amide bonds. The molecule has 0 saturated heterocycles. The molecule has 0 radical (unpaired) electrons. The number of aliphatic hydroxyl groups is 1. The van der Waals surface area contributed by atoms with Gasteiger partial charge in [0.1, 0.15) is 0 Å². The van der Waals surface area contributed by atoms with Gasteiger partial charge in [-0.05, 0) is 27.2 Å². The van der Waals surface area contributed by atoms with Crippen LogP contribution in [0.3, 0.4) is 0 Å². The van der Waals surface area contributed by atoms with Crippen LogP contribution in [0.15, 0.2) is 22.2 Å². The van der Waals surface area contributed by atoms with Gasteiger partial charge in [0.25, 0.3) is 5.56 Å². The third kappa shape index (κ3) is 3.85. The first kappa shape index (κ1) is 14.3. The van der Waals surface area contributed by atoms with E-state index in [0.717, 1.165) is 0 Å². The molecule has 1 unspecified atom stereocenters. The highest BCUT2D eigenvalue weighted by Crippen LogP contribution is 2.20. The van der Waals surface area contributed by atoms with E-state index < -0.39 is 0 Å². The zero-order valence-electron chi connectivity index (χ0n) is 10.8. The van der Waals surface area contributed by atoms with Crippen molar-refractivity contribution in [2.24, 2.45) is 0 Å². The van der Waals surface area contributed by atoms with E-state index in [1.807, 2.05) is 27.7 Å². The fourth-order valence-electron chi connectivity index (χ4n) is 1.43. The van der Waals surface area contributed by atoms with Crippen molar-refractivity contribution in [1.82, 2.24) is 9.55 Å². The molecule has 0 aliphatic carbocycles. The average molecular weight is 256 g/mol. The Labute approximate surface area is 106 Å². The third-order valence-corrected chi connectivity index (χ3v) is 3.52. The minimum atomic E-state index is -0.241. The average Bonchev–Trinajstić information content (AvgIpc) is 2.19. The molecule has 1 N–H and O–H groups in total. The lowest BCUT2D eigenvalue weighted by atomic mass is 10.1. The lowest BCUT2D eigenvalue weighted by molar-refractivity contribution is 0.289. The van der Waals surface area contributed by atoms with Crippen LogP contribution in [0.5, 0.6) is 0 Å². The number of thioether (sulfide) groups is 1. The summed E-state index contributed by atoms with van der Waals surface area (Å²) in [5.74, 6) is 0. The Balaban J connectivity index is 3.00. The van der Waals surface area contributed by atoms with Crippen molar-refractivity contribution < 1.29 is 5.11 Å². The second kappa shape index (κ2) is 5.69. The van der Waals surface area contributed by atoms with E-state index in [0.29, 0.717) is 11.4 Å². The van der Waals surface area contributed by atoms with E-state index in [-0.39, 0.29) is 23.0 Å². The molecule has 0 fully saturated rings. The van der Waals surface area contributed by atoms with Gasteiger partial charge in [-0.25, -0.2) is 4.98 Å². The van der Waals surface area contributed by atoms with E-state index in [1.54, 1.807) is 17.0 Å². The molecule has 0 spiro atoms. The minimum absolute atomic E-state index is 0.0604. The zero-order chi connectivity index (χ0) is 13.1. The first-order chi connectivity index (χ1) is 7.86. The van der Waals surface area contributed by atoms with E-state index in [4.69, 9.17) is 5.11 Å². The molecule has 0 bridgehead atoms. The SMILES string of the molecule is CC(CCO)Sc1nccn(C(C)(C)C)c1=O. The number of rotatable bonds is 4. The normalized spacial score (nSPS) is 13.7. The Morgan fingerprint density at radius 3 is 2.71 bits per heavy atom. The summed E-state index contributed by atoms with van der Waals surface area (Å²) in [6.07, 6.45) is 4.03. The molecule has 1 aromatic rings. The minimum Gasteiger partial charge on any atom is -0.396 e. The van der Waals surface area contributed by atoms with Gasteiger partial charge in [-0.15, -0.1) is 0 Å². The summed E-state index contributed by atoms with van der Waals surface area (Å²) in [5.41, 5.74) is -0.301. The standard InChI is InChI=1S/C12H20N2O2S/c1-9(5-8-15)17-10-11(16)14(7-6-13-10)12(2,3)4/h6-7,9,15H,5,8H2,1-4H3. The predicted octanol–water partition coefficient (Wildman–Crippen LogP) is 1.86. The first-order valence-electron chi connectivity index (χ1n) is 5.72. The zero-order valence-corrected chi connectivity index (χ0v) is 11.6. The summed E-state index contributed by atoms with van der Waals surface area (Å²) in [4.78, 5) is 16.3. The Morgan fingerprint density at radius 2 is 2.18 bits per heavy atom. The van der Waals surface area contributed by atoms with Gasteiger partial charge in [0.15, 0.2) is 5.03 Å². The van der Waals surface area contributed by atoms with Gasteiger partial charge in [-0.1, -0.05) is 18.7 Å². The van der Waals surface area contributed by atoms with E-state index in [2.05, 4.69) is 4.98 Å². The largest absolute Gasteiger partial charge is 0.396 e. The quantitative estimate of drug-likeness (QED) is 0.835. The van der Waals surface area contributed by atoms with Gasteiger partial charge in [0.2, 0.25) is 0 Å². The summed E-state index contributed by atoms with van der Waals surface area (Å²) in [7, 11) is 0. The van der Waals surface area contributed by atoms with E-state index >= 15 is 0 Å². The summed E-state index contributed by atoms with van der Waals surface area (Å²) < 4.78 is 1.69. The molecule has 0 aliphatic heterocycles. The highest BCUT2D eigenvalue weighted by atomic mass is 32.2. The molecule has 0 aromatic carbocycles. The topological polar surface area (TPSA) is 55.1 Å². The number of aliphatic hydroxyl groups excluding tert-OH is 1. The molecular formula is C12H20N2O2S. The Bertz CT molecular complexity index is 423. The smallest absolute Gasteiger partial charge is 0.283 e.